The lowest BCUT2D eigenvalue weighted by Crippen LogP contribution is -2.11. The summed E-state index contributed by atoms with van der Waals surface area (Å²) in [4.78, 5) is 4.74. The standard InChI is InChI=1S/C27H30FN3/c1-16(2)22-11-19(15-29)12-23(17(3)4)25(22)31-10-9-30-26(31)21-8-7-20(28)13-24(21)27(6)14-18(27)5/h7-13,16-18H,14H2,1-6H3/t18-,27?/m0/s1. The number of benzene rings is 2. The van der Waals surface area contributed by atoms with Crippen molar-refractivity contribution in [1.29, 1.82) is 5.26 Å². The number of hydrogen-bond acceptors (Lipinski definition) is 2. The topological polar surface area (TPSA) is 41.6 Å². The summed E-state index contributed by atoms with van der Waals surface area (Å²) in [6, 6.07) is 11.4. The van der Waals surface area contributed by atoms with Crippen LogP contribution in [0, 0.1) is 23.1 Å². The van der Waals surface area contributed by atoms with Crippen molar-refractivity contribution >= 4 is 0 Å². The quantitative estimate of drug-likeness (QED) is 0.446. The molecule has 0 amide bonds. The fourth-order valence-corrected chi connectivity index (χ4v) is 4.72. The summed E-state index contributed by atoms with van der Waals surface area (Å²) in [7, 11) is 0. The Balaban J connectivity index is 2.00. The van der Waals surface area contributed by atoms with E-state index in [1.807, 2.05) is 30.6 Å². The average molecular weight is 416 g/mol. The lowest BCUT2D eigenvalue weighted by molar-refractivity contribution is 0.616. The van der Waals surface area contributed by atoms with Crippen LogP contribution in [0.15, 0.2) is 42.7 Å². The van der Waals surface area contributed by atoms with Crippen LogP contribution in [-0.2, 0) is 5.41 Å². The maximum Gasteiger partial charge on any atom is 0.144 e. The predicted molar refractivity (Wildman–Crippen MR) is 123 cm³/mol. The molecule has 2 aromatic carbocycles. The van der Waals surface area contributed by atoms with E-state index in [2.05, 4.69) is 52.2 Å². The van der Waals surface area contributed by atoms with E-state index in [0.29, 0.717) is 11.5 Å². The van der Waals surface area contributed by atoms with Crippen LogP contribution < -0.4 is 0 Å². The second-order valence-corrected chi connectivity index (χ2v) is 9.76. The molecule has 1 unspecified atom stereocenters. The number of rotatable bonds is 5. The molecular formula is C27H30FN3. The lowest BCUT2D eigenvalue weighted by atomic mass is 9.89. The molecule has 3 aromatic rings. The summed E-state index contributed by atoms with van der Waals surface area (Å²) < 4.78 is 16.4. The van der Waals surface area contributed by atoms with Crippen molar-refractivity contribution in [3.05, 3.63) is 70.8 Å². The number of nitriles is 1. The van der Waals surface area contributed by atoms with Gasteiger partial charge in [-0.2, -0.15) is 5.26 Å². The van der Waals surface area contributed by atoms with E-state index in [1.165, 1.54) is 6.07 Å². The molecule has 0 aliphatic heterocycles. The fourth-order valence-electron chi connectivity index (χ4n) is 4.72. The van der Waals surface area contributed by atoms with Crippen LogP contribution in [0.1, 0.15) is 82.1 Å². The highest BCUT2D eigenvalue weighted by atomic mass is 19.1. The molecule has 1 fully saturated rings. The number of halogens is 1. The van der Waals surface area contributed by atoms with Crippen molar-refractivity contribution in [2.45, 2.75) is 65.2 Å². The Labute approximate surface area is 184 Å². The first-order valence-corrected chi connectivity index (χ1v) is 11.1. The first-order valence-electron chi connectivity index (χ1n) is 11.1. The van der Waals surface area contributed by atoms with E-state index in [4.69, 9.17) is 4.98 Å². The number of nitrogens with zero attached hydrogens (tertiary/aromatic N) is 3. The Hall–Kier alpha value is -2.93. The van der Waals surface area contributed by atoms with Gasteiger partial charge in [-0.05, 0) is 76.6 Å². The van der Waals surface area contributed by atoms with Gasteiger partial charge in [0, 0.05) is 18.0 Å². The molecule has 160 valence electrons. The third-order valence-corrected chi connectivity index (χ3v) is 6.92. The molecule has 1 aliphatic rings. The van der Waals surface area contributed by atoms with Crippen molar-refractivity contribution in [1.82, 2.24) is 9.55 Å². The van der Waals surface area contributed by atoms with Crippen LogP contribution >= 0.6 is 0 Å². The van der Waals surface area contributed by atoms with Crippen molar-refractivity contribution in [2.75, 3.05) is 0 Å². The Morgan fingerprint density at radius 2 is 1.74 bits per heavy atom. The second kappa shape index (κ2) is 7.64. The molecule has 0 N–H and O–H groups in total. The van der Waals surface area contributed by atoms with E-state index in [0.717, 1.165) is 40.2 Å². The molecule has 4 rings (SSSR count). The Kier molecular flexibility index (Phi) is 5.25. The van der Waals surface area contributed by atoms with Gasteiger partial charge in [0.15, 0.2) is 0 Å². The molecule has 4 heteroatoms. The van der Waals surface area contributed by atoms with Gasteiger partial charge in [0.05, 0.1) is 17.3 Å². The highest BCUT2D eigenvalue weighted by Gasteiger charge is 2.49. The van der Waals surface area contributed by atoms with Gasteiger partial charge in [-0.25, -0.2) is 9.37 Å². The van der Waals surface area contributed by atoms with Gasteiger partial charge in [0.1, 0.15) is 11.6 Å². The third-order valence-electron chi connectivity index (χ3n) is 6.92. The second-order valence-electron chi connectivity index (χ2n) is 9.76. The monoisotopic (exact) mass is 415 g/mol. The van der Waals surface area contributed by atoms with Gasteiger partial charge in [0.2, 0.25) is 0 Å². The minimum atomic E-state index is -0.207. The van der Waals surface area contributed by atoms with Crippen LogP contribution in [0.3, 0.4) is 0 Å². The van der Waals surface area contributed by atoms with Crippen molar-refractivity contribution < 1.29 is 4.39 Å². The van der Waals surface area contributed by atoms with Gasteiger partial charge in [-0.15, -0.1) is 0 Å². The van der Waals surface area contributed by atoms with Gasteiger partial charge >= 0.3 is 0 Å². The zero-order valence-corrected chi connectivity index (χ0v) is 19.2. The summed E-state index contributed by atoms with van der Waals surface area (Å²) in [5.41, 5.74) is 5.99. The highest BCUT2D eigenvalue weighted by molar-refractivity contribution is 5.68. The molecule has 0 saturated heterocycles. The molecule has 2 atom stereocenters. The lowest BCUT2D eigenvalue weighted by Gasteiger charge is -2.23. The summed E-state index contributed by atoms with van der Waals surface area (Å²) in [6.45, 7) is 13.0. The average Bonchev–Trinajstić information content (AvgIpc) is 3.13. The molecule has 0 bridgehead atoms. The van der Waals surface area contributed by atoms with Crippen molar-refractivity contribution in [2.24, 2.45) is 5.92 Å². The van der Waals surface area contributed by atoms with Gasteiger partial charge < -0.3 is 0 Å². The van der Waals surface area contributed by atoms with Gasteiger partial charge in [-0.3, -0.25) is 4.57 Å². The molecule has 1 aromatic heterocycles. The number of hydrogen-bond donors (Lipinski definition) is 0. The first kappa shape index (κ1) is 21.3. The largest absolute Gasteiger partial charge is 0.299 e. The molecule has 0 radical (unpaired) electrons. The van der Waals surface area contributed by atoms with E-state index < -0.39 is 0 Å². The van der Waals surface area contributed by atoms with Crippen LogP contribution in [0.5, 0.6) is 0 Å². The van der Waals surface area contributed by atoms with Crippen LogP contribution in [0.2, 0.25) is 0 Å². The zero-order valence-electron chi connectivity index (χ0n) is 19.2. The molecule has 1 heterocycles. The summed E-state index contributed by atoms with van der Waals surface area (Å²) in [5.74, 6) is 1.61. The highest BCUT2D eigenvalue weighted by Crippen LogP contribution is 2.56. The normalized spacial score (nSPS) is 20.3. The van der Waals surface area contributed by atoms with Gasteiger partial charge in [0.25, 0.3) is 0 Å². The van der Waals surface area contributed by atoms with E-state index >= 15 is 0 Å². The van der Waals surface area contributed by atoms with Crippen LogP contribution in [0.25, 0.3) is 17.1 Å². The number of imidazole rings is 1. The molecule has 31 heavy (non-hydrogen) atoms. The summed E-state index contributed by atoms with van der Waals surface area (Å²) in [5, 5.41) is 9.58. The summed E-state index contributed by atoms with van der Waals surface area (Å²) >= 11 is 0. The summed E-state index contributed by atoms with van der Waals surface area (Å²) in [6.07, 6.45) is 4.85. The zero-order chi connectivity index (χ0) is 22.5. The number of aromatic nitrogens is 2. The maximum absolute atomic E-state index is 14.3. The smallest absolute Gasteiger partial charge is 0.144 e. The maximum atomic E-state index is 14.3. The molecule has 3 nitrogen and oxygen atoms in total. The molecule has 1 aliphatic carbocycles. The Morgan fingerprint density at radius 1 is 1.13 bits per heavy atom. The van der Waals surface area contributed by atoms with E-state index in [-0.39, 0.29) is 23.1 Å². The minimum absolute atomic E-state index is 0.0271. The third kappa shape index (κ3) is 3.57. The van der Waals surface area contributed by atoms with Crippen molar-refractivity contribution in [3.63, 3.8) is 0 Å². The first-order chi connectivity index (χ1) is 14.7. The van der Waals surface area contributed by atoms with E-state index in [1.54, 1.807) is 6.07 Å². The minimum Gasteiger partial charge on any atom is -0.299 e. The van der Waals surface area contributed by atoms with Crippen LogP contribution in [-0.4, -0.2) is 9.55 Å². The van der Waals surface area contributed by atoms with Gasteiger partial charge in [-0.1, -0.05) is 41.5 Å². The Morgan fingerprint density at radius 3 is 2.26 bits per heavy atom. The fraction of sp³-hybridized carbons (Fsp3) is 0.407. The molecular weight excluding hydrogens is 385 g/mol. The van der Waals surface area contributed by atoms with Crippen LogP contribution in [0.4, 0.5) is 4.39 Å². The molecule has 0 spiro atoms. The predicted octanol–water partition coefficient (Wildman–Crippen LogP) is 7.09. The SMILES string of the molecule is CC(C)c1cc(C#N)cc(C(C)C)c1-n1ccnc1-c1ccc(F)cc1C1(C)C[C@@H]1C. The Bertz CT molecular complexity index is 1150. The molecule has 1 saturated carbocycles. The van der Waals surface area contributed by atoms with E-state index in [9.17, 15) is 9.65 Å². The van der Waals surface area contributed by atoms with Crippen molar-refractivity contribution in [3.8, 4) is 23.1 Å².